The molecule has 0 aliphatic carbocycles. The predicted octanol–water partition coefficient (Wildman–Crippen LogP) is 4.61. The zero-order chi connectivity index (χ0) is 16.4. The van der Waals surface area contributed by atoms with Crippen molar-refractivity contribution in [3.8, 4) is 0 Å². The van der Waals surface area contributed by atoms with Crippen molar-refractivity contribution in [2.45, 2.75) is 39.2 Å². The van der Waals surface area contributed by atoms with Crippen molar-refractivity contribution in [3.63, 3.8) is 0 Å². The van der Waals surface area contributed by atoms with Crippen LogP contribution in [0, 0.1) is 5.92 Å². The van der Waals surface area contributed by atoms with Gasteiger partial charge in [-0.3, -0.25) is 0 Å². The Bertz CT molecular complexity index is 627. The molecule has 120 valence electrons. The highest BCUT2D eigenvalue weighted by Crippen LogP contribution is 2.46. The Hall–Kier alpha value is -1.16. The van der Waals surface area contributed by atoms with Crippen molar-refractivity contribution in [2.75, 3.05) is 14.2 Å². The second-order valence-corrected chi connectivity index (χ2v) is 10.5. The van der Waals surface area contributed by atoms with Gasteiger partial charge in [0.15, 0.2) is 0 Å². The lowest BCUT2D eigenvalue weighted by Crippen LogP contribution is -2.62. The second kappa shape index (κ2) is 6.53. The molecule has 1 unspecified atom stereocenters. The van der Waals surface area contributed by atoms with E-state index in [4.69, 9.17) is 8.85 Å². The van der Waals surface area contributed by atoms with Crippen LogP contribution in [-0.4, -0.2) is 22.8 Å². The van der Waals surface area contributed by atoms with Crippen LogP contribution in [0.25, 0.3) is 10.8 Å². The van der Waals surface area contributed by atoms with Crippen LogP contribution in [0.2, 0.25) is 5.04 Å². The molecule has 0 heterocycles. The molecule has 0 amide bonds. The molecule has 0 bridgehead atoms. The van der Waals surface area contributed by atoms with E-state index in [2.05, 4.69) is 70.2 Å². The number of fused-ring (bicyclic) bond motifs is 1. The van der Waals surface area contributed by atoms with Crippen LogP contribution in [0.5, 0.6) is 0 Å². The molecule has 3 heteroatoms. The van der Waals surface area contributed by atoms with E-state index in [0.717, 1.165) is 6.42 Å². The van der Waals surface area contributed by atoms with Gasteiger partial charge in [-0.2, -0.15) is 0 Å². The van der Waals surface area contributed by atoms with Gasteiger partial charge in [0.05, 0.1) is 0 Å². The lowest BCUT2D eigenvalue weighted by molar-refractivity contribution is 0.202. The van der Waals surface area contributed by atoms with Crippen LogP contribution in [0.1, 0.15) is 34.1 Å². The van der Waals surface area contributed by atoms with Gasteiger partial charge in [0.2, 0.25) is 0 Å². The Kier molecular flexibility index (Phi) is 5.10. The van der Waals surface area contributed by atoms with Crippen molar-refractivity contribution < 1.29 is 8.85 Å². The third-order valence-electron chi connectivity index (χ3n) is 5.41. The normalized spacial score (nSPS) is 14.3. The summed E-state index contributed by atoms with van der Waals surface area (Å²) >= 11 is 0. The molecule has 1 atom stereocenters. The lowest BCUT2D eigenvalue weighted by Gasteiger charge is -2.45. The summed E-state index contributed by atoms with van der Waals surface area (Å²) < 4.78 is 12.4. The molecule has 22 heavy (non-hydrogen) atoms. The lowest BCUT2D eigenvalue weighted by atomic mass is 9.94. The van der Waals surface area contributed by atoms with Gasteiger partial charge in [0, 0.05) is 24.4 Å². The molecule has 2 aromatic carbocycles. The van der Waals surface area contributed by atoms with Crippen molar-refractivity contribution in [2.24, 2.45) is 5.92 Å². The maximum Gasteiger partial charge on any atom is 0.378 e. The highest BCUT2D eigenvalue weighted by Gasteiger charge is 2.55. The third-order valence-corrected chi connectivity index (χ3v) is 9.90. The van der Waals surface area contributed by atoms with Gasteiger partial charge in [0.1, 0.15) is 0 Å². The number of rotatable bonds is 6. The first-order valence-corrected chi connectivity index (χ1v) is 9.84. The fourth-order valence-corrected chi connectivity index (χ4v) is 7.63. The van der Waals surface area contributed by atoms with Gasteiger partial charge in [-0.15, -0.1) is 0 Å². The molecule has 2 rings (SSSR count). The molecule has 2 aromatic rings. The molecule has 0 saturated carbocycles. The van der Waals surface area contributed by atoms with E-state index in [-0.39, 0.29) is 5.04 Å². The Morgan fingerprint density at radius 3 is 2.18 bits per heavy atom. The largest absolute Gasteiger partial charge is 0.394 e. The summed E-state index contributed by atoms with van der Waals surface area (Å²) in [5.41, 5.74) is 0. The maximum atomic E-state index is 6.19. The smallest absolute Gasteiger partial charge is 0.378 e. The summed E-state index contributed by atoms with van der Waals surface area (Å²) in [5, 5.41) is 3.69. The minimum Gasteiger partial charge on any atom is -0.394 e. The molecule has 0 aromatic heterocycles. The first-order valence-electron chi connectivity index (χ1n) is 8.03. The summed E-state index contributed by atoms with van der Waals surface area (Å²) in [6.45, 7) is 9.12. The molecular weight excluding hydrogens is 288 g/mol. The molecule has 0 fully saturated rings. The van der Waals surface area contributed by atoms with Crippen LogP contribution in [0.3, 0.4) is 0 Å². The Morgan fingerprint density at radius 2 is 1.59 bits per heavy atom. The van der Waals surface area contributed by atoms with Gasteiger partial charge in [-0.05, 0) is 16.7 Å². The molecule has 0 spiro atoms. The Morgan fingerprint density at radius 1 is 1.00 bits per heavy atom. The number of hydrogen-bond acceptors (Lipinski definition) is 2. The second-order valence-electron chi connectivity index (χ2n) is 6.58. The van der Waals surface area contributed by atoms with E-state index >= 15 is 0 Å². The Labute approximate surface area is 135 Å². The Balaban J connectivity index is 2.75. The van der Waals surface area contributed by atoms with Gasteiger partial charge in [-0.1, -0.05) is 76.6 Å². The van der Waals surface area contributed by atoms with E-state index in [0.29, 0.717) is 5.92 Å². The zero-order valence-corrected chi connectivity index (χ0v) is 15.6. The monoisotopic (exact) mass is 316 g/mol. The number of benzene rings is 2. The average Bonchev–Trinajstić information content (AvgIpc) is 2.55. The maximum absolute atomic E-state index is 6.19. The van der Waals surface area contributed by atoms with Crippen LogP contribution >= 0.6 is 0 Å². The van der Waals surface area contributed by atoms with Crippen molar-refractivity contribution in [1.82, 2.24) is 0 Å². The summed E-state index contributed by atoms with van der Waals surface area (Å²) in [7, 11) is 1.02. The fourth-order valence-electron chi connectivity index (χ4n) is 3.52. The summed E-state index contributed by atoms with van der Waals surface area (Å²) in [5.74, 6) is 0.512. The van der Waals surface area contributed by atoms with E-state index in [1.165, 1.54) is 16.0 Å². The molecule has 0 saturated heterocycles. The minimum absolute atomic E-state index is 0.0324. The molecule has 0 radical (unpaired) electrons. The predicted molar refractivity (Wildman–Crippen MR) is 96.9 cm³/mol. The van der Waals surface area contributed by atoms with E-state index in [1.807, 2.05) is 14.2 Å². The molecular formula is C19H28O2Si. The van der Waals surface area contributed by atoms with Gasteiger partial charge < -0.3 is 8.85 Å². The summed E-state index contributed by atoms with van der Waals surface area (Å²) in [6.07, 6.45) is 1.11. The van der Waals surface area contributed by atoms with Crippen LogP contribution < -0.4 is 5.19 Å². The molecule has 0 aliphatic heterocycles. The SMILES string of the molecule is CCC(C)C(C)(C)[Si](OC)(OC)c1cccc2ccccc12. The standard InChI is InChI=1S/C19H28O2Si/c1-7-15(2)19(3,4)22(20-5,21-6)18-14-10-12-16-11-8-9-13-17(16)18/h8-15H,7H2,1-6H3. The first-order chi connectivity index (χ1) is 10.4. The molecule has 0 aliphatic rings. The average molecular weight is 317 g/mol. The topological polar surface area (TPSA) is 18.5 Å². The fraction of sp³-hybridized carbons (Fsp3) is 0.474. The van der Waals surface area contributed by atoms with Gasteiger partial charge in [-0.25, -0.2) is 0 Å². The zero-order valence-electron chi connectivity index (χ0n) is 14.6. The van der Waals surface area contributed by atoms with Crippen molar-refractivity contribution >= 4 is 24.5 Å². The van der Waals surface area contributed by atoms with E-state index in [9.17, 15) is 0 Å². The highest BCUT2D eigenvalue weighted by atomic mass is 28.4. The molecule has 2 nitrogen and oxygen atoms in total. The van der Waals surface area contributed by atoms with Crippen LogP contribution in [0.4, 0.5) is 0 Å². The van der Waals surface area contributed by atoms with Crippen LogP contribution in [-0.2, 0) is 8.85 Å². The highest BCUT2D eigenvalue weighted by molar-refractivity contribution is 6.85. The number of hydrogen-bond donors (Lipinski definition) is 0. The third kappa shape index (κ3) is 2.51. The van der Waals surface area contributed by atoms with Crippen molar-refractivity contribution in [3.05, 3.63) is 42.5 Å². The quantitative estimate of drug-likeness (QED) is 0.725. The van der Waals surface area contributed by atoms with Gasteiger partial charge >= 0.3 is 8.56 Å². The van der Waals surface area contributed by atoms with Crippen LogP contribution in [0.15, 0.2) is 42.5 Å². The van der Waals surface area contributed by atoms with E-state index in [1.54, 1.807) is 0 Å². The minimum atomic E-state index is -2.60. The van der Waals surface area contributed by atoms with E-state index < -0.39 is 8.56 Å². The molecule has 0 N–H and O–H groups in total. The van der Waals surface area contributed by atoms with Crippen molar-refractivity contribution in [1.29, 1.82) is 0 Å². The first kappa shape index (κ1) is 17.2. The summed E-state index contributed by atoms with van der Waals surface area (Å²) in [6, 6.07) is 15.0. The summed E-state index contributed by atoms with van der Waals surface area (Å²) in [4.78, 5) is 0. The van der Waals surface area contributed by atoms with Gasteiger partial charge in [0.25, 0.3) is 0 Å².